The number of nitrogens with zero attached hydrogens (tertiary/aromatic N) is 4. The Morgan fingerprint density at radius 1 is 1.35 bits per heavy atom. The number of aliphatic hydroxyl groups is 3. The Labute approximate surface area is 115 Å². The zero-order valence-electron chi connectivity index (χ0n) is 10.9. The standard InChI is InChI=1S/C11H17N5O4/c1-15-3-14-9(12)6-10(15)16(4-13-6)11-8(19)7(18)5(2-17)20-11/h3-8,10-12,17-19H,2H2,1H3/t5-,6?,7-,8-,10?,11-/m1/s1. The van der Waals surface area contributed by atoms with Gasteiger partial charge in [-0.1, -0.05) is 0 Å². The van der Waals surface area contributed by atoms with E-state index >= 15 is 0 Å². The van der Waals surface area contributed by atoms with Gasteiger partial charge in [0, 0.05) is 7.05 Å². The summed E-state index contributed by atoms with van der Waals surface area (Å²) in [5.41, 5.74) is 0. The number of fused-ring (bicyclic) bond motifs is 1. The molecule has 6 atom stereocenters. The number of ether oxygens (including phenoxy) is 1. The third-order valence-electron chi connectivity index (χ3n) is 3.84. The van der Waals surface area contributed by atoms with E-state index in [0.29, 0.717) is 0 Å². The summed E-state index contributed by atoms with van der Waals surface area (Å²) in [4.78, 5) is 11.6. The van der Waals surface area contributed by atoms with Crippen LogP contribution in [0.5, 0.6) is 0 Å². The van der Waals surface area contributed by atoms with Gasteiger partial charge in [0.2, 0.25) is 0 Å². The third kappa shape index (κ3) is 1.82. The van der Waals surface area contributed by atoms with Crippen LogP contribution in [0.4, 0.5) is 0 Å². The van der Waals surface area contributed by atoms with Crippen molar-refractivity contribution in [1.82, 2.24) is 9.80 Å². The molecule has 110 valence electrons. The fourth-order valence-electron chi connectivity index (χ4n) is 2.74. The van der Waals surface area contributed by atoms with Crippen molar-refractivity contribution in [2.24, 2.45) is 9.98 Å². The van der Waals surface area contributed by atoms with Crippen molar-refractivity contribution >= 4 is 18.5 Å². The van der Waals surface area contributed by atoms with Gasteiger partial charge in [-0.2, -0.15) is 0 Å². The SMILES string of the molecule is CN1C=NC(=N)C2N=CN([C@@H]3O[C@H](CO)[C@@H](O)[C@H]3O)C21. The molecule has 0 amide bonds. The van der Waals surface area contributed by atoms with E-state index in [1.165, 1.54) is 12.7 Å². The first kappa shape index (κ1) is 13.4. The quantitative estimate of drug-likeness (QED) is 0.441. The summed E-state index contributed by atoms with van der Waals surface area (Å²) in [6.07, 6.45) is -1.27. The summed E-state index contributed by atoms with van der Waals surface area (Å²) in [5.74, 6) is 0.138. The van der Waals surface area contributed by atoms with Gasteiger partial charge in [-0.3, -0.25) is 10.4 Å². The van der Waals surface area contributed by atoms with Crippen molar-refractivity contribution in [2.75, 3.05) is 13.7 Å². The van der Waals surface area contributed by atoms with E-state index in [0.717, 1.165) is 0 Å². The van der Waals surface area contributed by atoms with Crippen LogP contribution in [0.1, 0.15) is 0 Å². The number of likely N-dealkylation sites (N-methyl/N-ethyl adjacent to an activating group) is 1. The molecule has 3 heterocycles. The first-order valence-electron chi connectivity index (χ1n) is 6.32. The Morgan fingerprint density at radius 2 is 2.10 bits per heavy atom. The van der Waals surface area contributed by atoms with E-state index in [4.69, 9.17) is 15.3 Å². The summed E-state index contributed by atoms with van der Waals surface area (Å²) >= 11 is 0. The summed E-state index contributed by atoms with van der Waals surface area (Å²) in [7, 11) is 1.79. The average Bonchev–Trinajstić information content (AvgIpc) is 2.99. The van der Waals surface area contributed by atoms with E-state index in [-0.39, 0.29) is 18.6 Å². The van der Waals surface area contributed by atoms with E-state index in [1.54, 1.807) is 16.8 Å². The molecule has 4 N–H and O–H groups in total. The van der Waals surface area contributed by atoms with E-state index in [1.807, 2.05) is 0 Å². The molecule has 3 aliphatic rings. The van der Waals surface area contributed by atoms with Crippen LogP contribution in [-0.4, -0.2) is 94.0 Å². The second-order valence-corrected chi connectivity index (χ2v) is 5.09. The molecule has 1 fully saturated rings. The first-order chi connectivity index (χ1) is 9.54. The van der Waals surface area contributed by atoms with Gasteiger partial charge in [-0.15, -0.1) is 0 Å². The number of nitrogens with one attached hydrogen (secondary N) is 1. The molecule has 0 aliphatic carbocycles. The molecule has 1 saturated heterocycles. The number of amidine groups is 1. The van der Waals surface area contributed by atoms with Crippen LogP contribution in [0.15, 0.2) is 9.98 Å². The van der Waals surface area contributed by atoms with Gasteiger partial charge in [0.05, 0.1) is 19.3 Å². The van der Waals surface area contributed by atoms with Crippen LogP contribution in [0.2, 0.25) is 0 Å². The van der Waals surface area contributed by atoms with Crippen molar-refractivity contribution in [3.05, 3.63) is 0 Å². The molecule has 0 saturated carbocycles. The Morgan fingerprint density at radius 3 is 2.75 bits per heavy atom. The van der Waals surface area contributed by atoms with Gasteiger partial charge in [-0.25, -0.2) is 4.99 Å². The molecule has 0 aromatic rings. The lowest BCUT2D eigenvalue weighted by molar-refractivity contribution is -0.0902. The van der Waals surface area contributed by atoms with Crippen LogP contribution in [0.25, 0.3) is 0 Å². The van der Waals surface area contributed by atoms with Crippen LogP contribution in [0.3, 0.4) is 0 Å². The van der Waals surface area contributed by atoms with Gasteiger partial charge in [0.1, 0.15) is 30.5 Å². The highest BCUT2D eigenvalue weighted by atomic mass is 16.6. The molecule has 0 radical (unpaired) electrons. The molecule has 3 rings (SSSR count). The molecule has 20 heavy (non-hydrogen) atoms. The second kappa shape index (κ2) is 4.77. The van der Waals surface area contributed by atoms with Gasteiger partial charge in [0.25, 0.3) is 0 Å². The fraction of sp³-hybridized carbons (Fsp3) is 0.727. The molecule has 0 spiro atoms. The lowest BCUT2D eigenvalue weighted by Gasteiger charge is -2.39. The van der Waals surface area contributed by atoms with E-state index in [9.17, 15) is 10.2 Å². The molecule has 9 nitrogen and oxygen atoms in total. The summed E-state index contributed by atoms with van der Waals surface area (Å²) in [6.45, 7) is -0.374. The van der Waals surface area contributed by atoms with Gasteiger partial charge in [-0.05, 0) is 0 Å². The zero-order chi connectivity index (χ0) is 14.4. The molecular weight excluding hydrogens is 266 g/mol. The topological polar surface area (TPSA) is 125 Å². The number of aliphatic hydroxyl groups excluding tert-OH is 3. The average molecular weight is 283 g/mol. The number of aliphatic imine (C=N–C) groups is 2. The summed E-state index contributed by atoms with van der Waals surface area (Å²) in [5, 5.41) is 36.8. The van der Waals surface area contributed by atoms with Crippen LogP contribution in [0, 0.1) is 5.41 Å². The molecule has 2 unspecified atom stereocenters. The van der Waals surface area contributed by atoms with E-state index in [2.05, 4.69) is 9.98 Å². The summed E-state index contributed by atoms with van der Waals surface area (Å²) in [6, 6.07) is -0.453. The minimum absolute atomic E-state index is 0.138. The molecule has 0 aromatic heterocycles. The zero-order valence-corrected chi connectivity index (χ0v) is 10.9. The highest BCUT2D eigenvalue weighted by Gasteiger charge is 2.50. The predicted octanol–water partition coefficient (Wildman–Crippen LogP) is -2.59. The molecule has 0 bridgehead atoms. The highest BCUT2D eigenvalue weighted by Crippen LogP contribution is 2.30. The maximum Gasteiger partial charge on any atom is 0.161 e. The monoisotopic (exact) mass is 283 g/mol. The van der Waals surface area contributed by atoms with Crippen LogP contribution < -0.4 is 0 Å². The first-order valence-corrected chi connectivity index (χ1v) is 6.32. The number of rotatable bonds is 2. The van der Waals surface area contributed by atoms with Gasteiger partial charge >= 0.3 is 0 Å². The Kier molecular flexibility index (Phi) is 3.21. The minimum Gasteiger partial charge on any atom is -0.394 e. The molecule has 3 aliphatic heterocycles. The Bertz CT molecular complexity index is 470. The van der Waals surface area contributed by atoms with Crippen molar-refractivity contribution in [1.29, 1.82) is 5.41 Å². The van der Waals surface area contributed by atoms with Crippen LogP contribution in [-0.2, 0) is 4.74 Å². The number of hydrogen-bond donors (Lipinski definition) is 4. The maximum atomic E-state index is 10.1. The number of hydrogen-bond acceptors (Lipinski definition) is 8. The largest absolute Gasteiger partial charge is 0.394 e. The van der Waals surface area contributed by atoms with Crippen molar-refractivity contribution in [3.8, 4) is 0 Å². The predicted molar refractivity (Wildman–Crippen MR) is 69.6 cm³/mol. The van der Waals surface area contributed by atoms with E-state index < -0.39 is 30.6 Å². The molecular formula is C11H17N5O4. The molecule has 9 heteroatoms. The third-order valence-corrected chi connectivity index (χ3v) is 3.84. The molecule has 0 aromatic carbocycles. The minimum atomic E-state index is -1.15. The van der Waals surface area contributed by atoms with Gasteiger partial charge < -0.3 is 29.9 Å². The van der Waals surface area contributed by atoms with Crippen molar-refractivity contribution in [2.45, 2.75) is 36.7 Å². The van der Waals surface area contributed by atoms with Crippen molar-refractivity contribution in [3.63, 3.8) is 0 Å². The normalized spacial score (nSPS) is 43.5. The lowest BCUT2D eigenvalue weighted by Crippen LogP contribution is -2.58. The smallest absolute Gasteiger partial charge is 0.161 e. The summed E-state index contributed by atoms with van der Waals surface area (Å²) < 4.78 is 5.49. The second-order valence-electron chi connectivity index (χ2n) is 5.09. The van der Waals surface area contributed by atoms with Crippen molar-refractivity contribution < 1.29 is 20.1 Å². The Hall–Kier alpha value is -1.55. The maximum absolute atomic E-state index is 10.1. The Balaban J connectivity index is 1.84. The van der Waals surface area contributed by atoms with Gasteiger partial charge in [0.15, 0.2) is 12.1 Å². The highest BCUT2D eigenvalue weighted by molar-refractivity contribution is 5.96. The van der Waals surface area contributed by atoms with Crippen LogP contribution >= 0.6 is 0 Å². The fourth-order valence-corrected chi connectivity index (χ4v) is 2.74. The lowest BCUT2D eigenvalue weighted by atomic mass is 10.1.